The van der Waals surface area contributed by atoms with Crippen molar-refractivity contribution in [2.45, 2.75) is 20.3 Å². The number of carbonyl (C=O) groups excluding carboxylic acids is 1. The second-order valence-corrected chi connectivity index (χ2v) is 3.98. The minimum Gasteiger partial charge on any atom is -0.382 e. The van der Waals surface area contributed by atoms with Gasteiger partial charge in [-0.15, -0.1) is 0 Å². The molecular weight excluding hydrogens is 208 g/mol. The summed E-state index contributed by atoms with van der Waals surface area (Å²) in [5.74, 6) is -0.00663. The van der Waals surface area contributed by atoms with E-state index in [2.05, 4.69) is 5.32 Å². The van der Waals surface area contributed by atoms with Crippen LogP contribution in [0.3, 0.4) is 0 Å². The highest BCUT2D eigenvalue weighted by Gasteiger charge is 2.28. The normalized spacial score (nSPS) is 14.5. The van der Waals surface area contributed by atoms with Crippen LogP contribution in [0.5, 0.6) is 0 Å². The number of nitrogens with one attached hydrogen (secondary N) is 1. The monoisotopic (exact) mass is 232 g/mol. The lowest BCUT2D eigenvalue weighted by Crippen LogP contribution is -2.44. The molecule has 0 radical (unpaired) electrons. The predicted octanol–water partition coefficient (Wildman–Crippen LogP) is 0.141. The topological polar surface area (TPSA) is 73.6 Å². The summed E-state index contributed by atoms with van der Waals surface area (Å²) in [5.41, 5.74) is 5.11. The first kappa shape index (κ1) is 15.3. The molecule has 96 valence electrons. The van der Waals surface area contributed by atoms with Crippen LogP contribution in [0.15, 0.2) is 0 Å². The van der Waals surface area contributed by atoms with Crippen molar-refractivity contribution in [2.24, 2.45) is 11.1 Å². The van der Waals surface area contributed by atoms with Gasteiger partial charge in [0.1, 0.15) is 0 Å². The van der Waals surface area contributed by atoms with Crippen LogP contribution in [0, 0.1) is 5.41 Å². The maximum Gasteiger partial charge on any atom is 0.227 e. The van der Waals surface area contributed by atoms with Crippen molar-refractivity contribution in [3.8, 4) is 0 Å². The lowest BCUT2D eigenvalue weighted by molar-refractivity contribution is -0.130. The van der Waals surface area contributed by atoms with Gasteiger partial charge in [0.25, 0.3) is 0 Å². The van der Waals surface area contributed by atoms with Crippen molar-refractivity contribution >= 4 is 5.91 Å². The number of rotatable bonds is 9. The lowest BCUT2D eigenvalue weighted by Gasteiger charge is -2.24. The molecule has 0 aromatic heterocycles. The molecule has 5 heteroatoms. The summed E-state index contributed by atoms with van der Waals surface area (Å²) < 4.78 is 10.1. The smallest absolute Gasteiger partial charge is 0.227 e. The van der Waals surface area contributed by atoms with E-state index in [1.54, 1.807) is 7.11 Å². The van der Waals surface area contributed by atoms with E-state index in [0.29, 0.717) is 32.9 Å². The van der Waals surface area contributed by atoms with Crippen LogP contribution < -0.4 is 11.1 Å². The van der Waals surface area contributed by atoms with Gasteiger partial charge >= 0.3 is 0 Å². The third-order valence-electron chi connectivity index (χ3n) is 2.74. The maximum absolute atomic E-state index is 11.7. The Kier molecular flexibility index (Phi) is 8.15. The third kappa shape index (κ3) is 5.44. The minimum absolute atomic E-state index is 0.00663. The van der Waals surface area contributed by atoms with Gasteiger partial charge in [0.2, 0.25) is 5.91 Å². The number of amides is 1. The zero-order chi connectivity index (χ0) is 12.4. The Bertz CT molecular complexity index is 194. The fourth-order valence-electron chi connectivity index (χ4n) is 1.09. The van der Waals surface area contributed by atoms with Crippen LogP contribution in [0.1, 0.15) is 20.3 Å². The number of nitrogens with two attached hydrogens (primary N) is 1. The molecule has 1 unspecified atom stereocenters. The molecule has 1 amide bonds. The molecule has 0 spiro atoms. The molecule has 0 aromatic rings. The van der Waals surface area contributed by atoms with E-state index in [4.69, 9.17) is 15.2 Å². The van der Waals surface area contributed by atoms with Crippen LogP contribution in [-0.2, 0) is 14.3 Å². The highest BCUT2D eigenvalue weighted by molar-refractivity contribution is 5.82. The molecule has 1 atom stereocenters. The average Bonchev–Trinajstić information content (AvgIpc) is 2.32. The fraction of sp³-hybridized carbons (Fsp3) is 0.909. The van der Waals surface area contributed by atoms with Crippen molar-refractivity contribution in [3.05, 3.63) is 0 Å². The molecule has 0 aliphatic rings. The fourth-order valence-corrected chi connectivity index (χ4v) is 1.09. The van der Waals surface area contributed by atoms with E-state index in [1.165, 1.54) is 0 Å². The van der Waals surface area contributed by atoms with E-state index in [0.717, 1.165) is 6.42 Å². The van der Waals surface area contributed by atoms with Gasteiger partial charge in [-0.05, 0) is 13.3 Å². The Morgan fingerprint density at radius 1 is 1.38 bits per heavy atom. The molecule has 0 saturated heterocycles. The van der Waals surface area contributed by atoms with Crippen molar-refractivity contribution in [2.75, 3.05) is 40.0 Å². The summed E-state index contributed by atoms with van der Waals surface area (Å²) >= 11 is 0. The Morgan fingerprint density at radius 3 is 2.56 bits per heavy atom. The molecule has 0 aliphatic carbocycles. The molecule has 0 fully saturated rings. The van der Waals surface area contributed by atoms with E-state index < -0.39 is 5.41 Å². The highest BCUT2D eigenvalue weighted by atomic mass is 16.5. The minimum atomic E-state index is -0.466. The molecular formula is C11H24N2O3. The Hall–Kier alpha value is -0.650. The second kappa shape index (κ2) is 8.50. The van der Waals surface area contributed by atoms with Crippen LogP contribution in [0.2, 0.25) is 0 Å². The van der Waals surface area contributed by atoms with Crippen molar-refractivity contribution < 1.29 is 14.3 Å². The van der Waals surface area contributed by atoms with Crippen LogP contribution >= 0.6 is 0 Å². The Balaban J connectivity index is 3.64. The molecule has 0 bridgehead atoms. The summed E-state index contributed by atoms with van der Waals surface area (Å²) in [4.78, 5) is 11.7. The number of hydrogen-bond acceptors (Lipinski definition) is 4. The molecule has 0 rings (SSSR count). The van der Waals surface area contributed by atoms with Crippen molar-refractivity contribution in [3.63, 3.8) is 0 Å². The van der Waals surface area contributed by atoms with Gasteiger partial charge in [0.05, 0.1) is 25.2 Å². The van der Waals surface area contributed by atoms with Gasteiger partial charge in [-0.2, -0.15) is 0 Å². The van der Waals surface area contributed by atoms with Crippen molar-refractivity contribution in [1.82, 2.24) is 5.32 Å². The summed E-state index contributed by atoms with van der Waals surface area (Å²) in [5, 5.41) is 2.82. The van der Waals surface area contributed by atoms with E-state index in [1.807, 2.05) is 13.8 Å². The molecule has 0 aliphatic heterocycles. The summed E-state index contributed by atoms with van der Waals surface area (Å²) in [6.07, 6.45) is 0.736. The number of ether oxygens (including phenoxy) is 2. The van der Waals surface area contributed by atoms with Gasteiger partial charge in [-0.25, -0.2) is 0 Å². The van der Waals surface area contributed by atoms with Gasteiger partial charge in [0, 0.05) is 20.2 Å². The molecule has 0 aromatic carbocycles. The number of methoxy groups -OCH3 is 1. The quantitative estimate of drug-likeness (QED) is 0.555. The highest BCUT2D eigenvalue weighted by Crippen LogP contribution is 2.18. The van der Waals surface area contributed by atoms with E-state index in [9.17, 15) is 4.79 Å². The SMILES string of the molecule is CCC(C)(CN)C(=O)NCCOCCOC. The zero-order valence-corrected chi connectivity index (χ0v) is 10.5. The molecule has 0 saturated carbocycles. The average molecular weight is 232 g/mol. The second-order valence-electron chi connectivity index (χ2n) is 3.98. The number of hydrogen-bond donors (Lipinski definition) is 2. The Morgan fingerprint density at radius 2 is 2.06 bits per heavy atom. The molecule has 3 N–H and O–H groups in total. The largest absolute Gasteiger partial charge is 0.382 e. The summed E-state index contributed by atoms with van der Waals surface area (Å²) in [6, 6.07) is 0. The van der Waals surface area contributed by atoms with E-state index in [-0.39, 0.29) is 5.91 Å². The number of carbonyl (C=O) groups is 1. The summed E-state index contributed by atoms with van der Waals surface area (Å²) in [6.45, 7) is 6.32. The standard InChI is InChI=1S/C11H24N2O3/c1-4-11(2,9-12)10(14)13-5-6-16-8-7-15-3/h4-9,12H2,1-3H3,(H,13,14). The van der Waals surface area contributed by atoms with Gasteiger partial charge in [0.15, 0.2) is 0 Å². The Labute approximate surface area is 97.7 Å². The first-order chi connectivity index (χ1) is 7.60. The van der Waals surface area contributed by atoms with Gasteiger partial charge in [-0.1, -0.05) is 6.92 Å². The molecule has 0 heterocycles. The molecule has 5 nitrogen and oxygen atoms in total. The van der Waals surface area contributed by atoms with Gasteiger partial charge < -0.3 is 20.5 Å². The zero-order valence-electron chi connectivity index (χ0n) is 10.5. The summed E-state index contributed by atoms with van der Waals surface area (Å²) in [7, 11) is 1.62. The first-order valence-corrected chi connectivity index (χ1v) is 5.65. The maximum atomic E-state index is 11.7. The molecule has 16 heavy (non-hydrogen) atoms. The van der Waals surface area contributed by atoms with Crippen LogP contribution in [0.4, 0.5) is 0 Å². The van der Waals surface area contributed by atoms with E-state index >= 15 is 0 Å². The lowest BCUT2D eigenvalue weighted by atomic mass is 9.87. The predicted molar refractivity (Wildman–Crippen MR) is 63.2 cm³/mol. The van der Waals surface area contributed by atoms with Crippen LogP contribution in [-0.4, -0.2) is 45.9 Å². The van der Waals surface area contributed by atoms with Crippen LogP contribution in [0.25, 0.3) is 0 Å². The van der Waals surface area contributed by atoms with Gasteiger partial charge in [-0.3, -0.25) is 4.79 Å². The third-order valence-corrected chi connectivity index (χ3v) is 2.74. The van der Waals surface area contributed by atoms with Crippen molar-refractivity contribution in [1.29, 1.82) is 0 Å². The first-order valence-electron chi connectivity index (χ1n) is 5.65.